The number of rotatable bonds is 0. The number of hydrogen-bond donors (Lipinski definition) is 0. The lowest BCUT2D eigenvalue weighted by Crippen LogP contribution is -1.82. The van der Waals surface area contributed by atoms with Crippen molar-refractivity contribution in [2.75, 3.05) is 0 Å². The minimum Gasteiger partial charge on any atom is -0.0613 e. The highest BCUT2D eigenvalue weighted by atomic mass is 79.9. The maximum Gasteiger partial charge on any atom is 0.0265 e. The molecule has 0 N–H and O–H groups in total. The highest BCUT2D eigenvalue weighted by Gasteiger charge is 2.17. The molecule has 2 aromatic rings. The second-order valence-corrected chi connectivity index (χ2v) is 5.37. The van der Waals surface area contributed by atoms with Crippen LogP contribution in [0.25, 0.3) is 10.8 Å². The first-order valence-electron chi connectivity index (χ1n) is 4.66. The fourth-order valence-electron chi connectivity index (χ4n) is 2.26. The monoisotopic (exact) mass is 310 g/mol. The van der Waals surface area contributed by atoms with E-state index in [0.717, 1.165) is 0 Å². The lowest BCUT2D eigenvalue weighted by molar-refractivity contribution is 1.02. The van der Waals surface area contributed by atoms with E-state index < -0.39 is 0 Å². The summed E-state index contributed by atoms with van der Waals surface area (Å²) in [5, 5.41) is 2.80. The smallest absolute Gasteiger partial charge is 0.0265 e. The summed E-state index contributed by atoms with van der Waals surface area (Å²) in [4.78, 5) is 0. The first-order valence-corrected chi connectivity index (χ1v) is 6.24. The number of halogens is 2. The Labute approximate surface area is 99.6 Å². The molecule has 0 radical (unpaired) electrons. The van der Waals surface area contributed by atoms with Crippen molar-refractivity contribution in [3.8, 4) is 0 Å². The third-order valence-electron chi connectivity index (χ3n) is 2.90. The van der Waals surface area contributed by atoms with Crippen LogP contribution in [-0.4, -0.2) is 0 Å². The van der Waals surface area contributed by atoms with E-state index in [1.54, 1.807) is 0 Å². The van der Waals surface area contributed by atoms with Crippen LogP contribution >= 0.6 is 31.9 Å². The van der Waals surface area contributed by atoms with E-state index >= 15 is 0 Å². The minimum absolute atomic E-state index is 1.17. The lowest BCUT2D eigenvalue weighted by Gasteiger charge is -2.06. The van der Waals surface area contributed by atoms with Crippen molar-refractivity contribution in [2.24, 2.45) is 0 Å². The third-order valence-corrected chi connectivity index (χ3v) is 4.26. The highest BCUT2D eigenvalue weighted by molar-refractivity contribution is 9.11. The van der Waals surface area contributed by atoms with Gasteiger partial charge in [0.25, 0.3) is 0 Å². The predicted octanol–water partition coefficient (Wildman–Crippen LogP) is 4.46. The van der Waals surface area contributed by atoms with Gasteiger partial charge in [-0.05, 0) is 40.8 Å². The summed E-state index contributed by atoms with van der Waals surface area (Å²) < 4.78 is 2.42. The summed E-state index contributed by atoms with van der Waals surface area (Å²) in [6.45, 7) is 0. The minimum atomic E-state index is 1.17. The second kappa shape index (κ2) is 3.07. The fraction of sp³-hybridized carbons (Fsp3) is 0.167. The zero-order valence-electron chi connectivity index (χ0n) is 7.48. The molecule has 0 fully saturated rings. The molecule has 0 aromatic heterocycles. The molecule has 0 saturated heterocycles. The van der Waals surface area contributed by atoms with Crippen molar-refractivity contribution in [3.05, 3.63) is 44.3 Å². The average Bonchev–Trinajstić information content (AvgIpc) is 2.59. The second-order valence-electron chi connectivity index (χ2n) is 3.66. The van der Waals surface area contributed by atoms with Crippen LogP contribution in [0.2, 0.25) is 0 Å². The molecule has 1 aliphatic rings. The molecule has 0 amide bonds. The fourth-order valence-corrected chi connectivity index (χ4v) is 3.76. The molecular formula is C12H8Br2. The van der Waals surface area contributed by atoms with Crippen molar-refractivity contribution in [1.29, 1.82) is 0 Å². The Morgan fingerprint density at radius 2 is 1.86 bits per heavy atom. The van der Waals surface area contributed by atoms with Crippen LogP contribution in [-0.2, 0) is 12.8 Å². The molecule has 0 saturated carbocycles. The standard InChI is InChI=1S/C12H8Br2/c13-10-6-11(14)9-5-4-7-2-1-3-8(10)12(7)9/h1-3,6H,4-5H2. The quantitative estimate of drug-likeness (QED) is 0.673. The summed E-state index contributed by atoms with van der Waals surface area (Å²) in [6.07, 6.45) is 2.35. The molecule has 0 spiro atoms. The van der Waals surface area contributed by atoms with Gasteiger partial charge in [-0.25, -0.2) is 0 Å². The van der Waals surface area contributed by atoms with Crippen LogP contribution in [0, 0.1) is 0 Å². The number of hydrogen-bond acceptors (Lipinski definition) is 0. The van der Waals surface area contributed by atoms with E-state index in [-0.39, 0.29) is 0 Å². The molecule has 2 heteroatoms. The summed E-state index contributed by atoms with van der Waals surface area (Å²) in [6, 6.07) is 8.72. The Bertz CT molecular complexity index is 529. The van der Waals surface area contributed by atoms with Gasteiger partial charge in [-0.2, -0.15) is 0 Å². The molecule has 0 unspecified atom stereocenters. The van der Waals surface area contributed by atoms with Crippen LogP contribution in [0.5, 0.6) is 0 Å². The van der Waals surface area contributed by atoms with Crippen molar-refractivity contribution in [2.45, 2.75) is 12.8 Å². The average molecular weight is 312 g/mol. The van der Waals surface area contributed by atoms with Gasteiger partial charge >= 0.3 is 0 Å². The number of aryl methyl sites for hydroxylation is 2. The van der Waals surface area contributed by atoms with Gasteiger partial charge in [0.2, 0.25) is 0 Å². The largest absolute Gasteiger partial charge is 0.0613 e. The summed E-state index contributed by atoms with van der Waals surface area (Å²) in [5.74, 6) is 0. The molecule has 0 bridgehead atoms. The SMILES string of the molecule is Brc1cc(Br)c2cccc3c2c1CC3. The normalized spacial score (nSPS) is 13.9. The molecule has 0 aliphatic heterocycles. The number of benzene rings is 2. The van der Waals surface area contributed by atoms with Crippen LogP contribution in [0.1, 0.15) is 11.1 Å². The van der Waals surface area contributed by atoms with Gasteiger partial charge in [0.05, 0.1) is 0 Å². The van der Waals surface area contributed by atoms with E-state index in [2.05, 4.69) is 56.1 Å². The van der Waals surface area contributed by atoms with Crippen molar-refractivity contribution >= 4 is 42.6 Å². The van der Waals surface area contributed by atoms with E-state index in [1.165, 1.54) is 43.7 Å². The molecular weight excluding hydrogens is 304 g/mol. The maximum atomic E-state index is 3.63. The van der Waals surface area contributed by atoms with Crippen molar-refractivity contribution < 1.29 is 0 Å². The van der Waals surface area contributed by atoms with Crippen LogP contribution < -0.4 is 0 Å². The third kappa shape index (κ3) is 1.10. The van der Waals surface area contributed by atoms with Gasteiger partial charge in [-0.1, -0.05) is 50.1 Å². The van der Waals surface area contributed by atoms with Crippen molar-refractivity contribution in [3.63, 3.8) is 0 Å². The first-order chi connectivity index (χ1) is 6.77. The Morgan fingerprint density at radius 3 is 2.71 bits per heavy atom. The van der Waals surface area contributed by atoms with E-state index in [1.807, 2.05) is 0 Å². The predicted molar refractivity (Wildman–Crippen MR) is 66.8 cm³/mol. The molecule has 3 rings (SSSR count). The van der Waals surface area contributed by atoms with Gasteiger partial charge in [-0.15, -0.1) is 0 Å². The van der Waals surface area contributed by atoms with Crippen LogP contribution in [0.3, 0.4) is 0 Å². The molecule has 2 aromatic carbocycles. The Kier molecular flexibility index (Phi) is 1.96. The molecule has 1 aliphatic carbocycles. The molecule has 70 valence electrons. The Hall–Kier alpha value is -0.340. The van der Waals surface area contributed by atoms with Gasteiger partial charge in [0, 0.05) is 8.95 Å². The maximum absolute atomic E-state index is 3.63. The molecule has 0 atom stereocenters. The summed E-state index contributed by atoms with van der Waals surface area (Å²) in [7, 11) is 0. The summed E-state index contributed by atoms with van der Waals surface area (Å²) in [5.41, 5.74) is 2.96. The van der Waals surface area contributed by atoms with E-state index in [0.29, 0.717) is 0 Å². The molecule has 0 heterocycles. The highest BCUT2D eigenvalue weighted by Crippen LogP contribution is 2.39. The lowest BCUT2D eigenvalue weighted by atomic mass is 10.1. The first kappa shape index (κ1) is 8.93. The van der Waals surface area contributed by atoms with Gasteiger partial charge in [0.1, 0.15) is 0 Å². The molecule has 0 nitrogen and oxygen atoms in total. The molecule has 14 heavy (non-hydrogen) atoms. The van der Waals surface area contributed by atoms with E-state index in [4.69, 9.17) is 0 Å². The zero-order valence-corrected chi connectivity index (χ0v) is 10.7. The van der Waals surface area contributed by atoms with E-state index in [9.17, 15) is 0 Å². The van der Waals surface area contributed by atoms with Crippen molar-refractivity contribution in [1.82, 2.24) is 0 Å². The van der Waals surface area contributed by atoms with Crippen LogP contribution in [0.15, 0.2) is 33.2 Å². The Balaban J connectivity index is 2.58. The zero-order chi connectivity index (χ0) is 9.71. The van der Waals surface area contributed by atoms with Gasteiger partial charge < -0.3 is 0 Å². The summed E-state index contributed by atoms with van der Waals surface area (Å²) >= 11 is 7.25. The topological polar surface area (TPSA) is 0 Å². The van der Waals surface area contributed by atoms with Crippen LogP contribution in [0.4, 0.5) is 0 Å². The van der Waals surface area contributed by atoms with Gasteiger partial charge in [-0.3, -0.25) is 0 Å². The Morgan fingerprint density at radius 1 is 1.00 bits per heavy atom. The van der Waals surface area contributed by atoms with Gasteiger partial charge in [0.15, 0.2) is 0 Å².